The largest absolute Gasteiger partial charge is 0.452 e. The Balaban J connectivity index is 1.42. The molecule has 0 unspecified atom stereocenters. The van der Waals surface area contributed by atoms with Gasteiger partial charge in [-0.25, -0.2) is 9.48 Å². The number of aromatic nitrogens is 3. The smallest absolute Gasteiger partial charge is 0.340 e. The molecule has 1 aromatic carbocycles. The van der Waals surface area contributed by atoms with E-state index in [-0.39, 0.29) is 12.5 Å². The first-order chi connectivity index (χ1) is 14.8. The van der Waals surface area contributed by atoms with Crippen LogP contribution >= 0.6 is 0 Å². The molecule has 2 heterocycles. The van der Waals surface area contributed by atoms with E-state index in [0.29, 0.717) is 23.0 Å². The fraction of sp³-hybridized carbons (Fsp3) is 0.375. The maximum absolute atomic E-state index is 12.5. The lowest BCUT2D eigenvalue weighted by Gasteiger charge is -2.09. The number of anilines is 1. The van der Waals surface area contributed by atoms with Gasteiger partial charge in [0.2, 0.25) is 0 Å². The molecule has 0 aliphatic heterocycles. The van der Waals surface area contributed by atoms with Gasteiger partial charge in [-0.1, -0.05) is 17.7 Å². The van der Waals surface area contributed by atoms with Crippen LogP contribution in [0.5, 0.6) is 0 Å². The van der Waals surface area contributed by atoms with Crippen LogP contribution in [0, 0.1) is 34.6 Å². The Hall–Kier alpha value is -3.35. The monoisotopic (exact) mass is 420 g/mol. The van der Waals surface area contributed by atoms with Crippen molar-refractivity contribution < 1.29 is 14.3 Å². The van der Waals surface area contributed by atoms with Crippen LogP contribution in [0.3, 0.4) is 0 Å². The first-order valence-electron chi connectivity index (χ1n) is 10.5. The van der Waals surface area contributed by atoms with Crippen molar-refractivity contribution in [3.63, 3.8) is 0 Å². The van der Waals surface area contributed by atoms with Gasteiger partial charge in [0.1, 0.15) is 0 Å². The molecule has 1 fully saturated rings. The molecule has 1 saturated carbocycles. The second kappa shape index (κ2) is 8.06. The third-order valence-electron chi connectivity index (χ3n) is 5.78. The predicted molar refractivity (Wildman–Crippen MR) is 119 cm³/mol. The molecule has 2 aromatic heterocycles. The average molecular weight is 421 g/mol. The van der Waals surface area contributed by atoms with E-state index in [4.69, 9.17) is 4.74 Å². The van der Waals surface area contributed by atoms with Crippen molar-refractivity contribution in [1.82, 2.24) is 14.3 Å². The fourth-order valence-corrected chi connectivity index (χ4v) is 4.02. The minimum Gasteiger partial charge on any atom is -0.452 e. The van der Waals surface area contributed by atoms with E-state index < -0.39 is 5.97 Å². The average Bonchev–Trinajstić information content (AvgIpc) is 3.47. The summed E-state index contributed by atoms with van der Waals surface area (Å²) in [6.07, 6.45) is 2.28. The van der Waals surface area contributed by atoms with E-state index >= 15 is 0 Å². The summed E-state index contributed by atoms with van der Waals surface area (Å²) in [6, 6.07) is 10.3. The third kappa shape index (κ3) is 4.13. The molecular weight excluding hydrogens is 392 g/mol. The molecule has 31 heavy (non-hydrogen) atoms. The Bertz CT molecular complexity index is 1150. The number of amides is 1. The van der Waals surface area contributed by atoms with Gasteiger partial charge in [-0.2, -0.15) is 5.10 Å². The van der Waals surface area contributed by atoms with Crippen LogP contribution in [0.2, 0.25) is 0 Å². The minimum absolute atomic E-state index is 0.347. The zero-order chi connectivity index (χ0) is 22.3. The lowest BCUT2D eigenvalue weighted by atomic mass is 10.2. The van der Waals surface area contributed by atoms with Crippen molar-refractivity contribution in [2.24, 2.45) is 0 Å². The molecule has 0 radical (unpaired) electrons. The highest BCUT2D eigenvalue weighted by Crippen LogP contribution is 2.38. The van der Waals surface area contributed by atoms with Crippen LogP contribution in [-0.4, -0.2) is 32.8 Å². The summed E-state index contributed by atoms with van der Waals surface area (Å²) in [6.45, 7) is 9.34. The first-order valence-corrected chi connectivity index (χ1v) is 10.5. The van der Waals surface area contributed by atoms with Gasteiger partial charge in [0.25, 0.3) is 5.91 Å². The highest BCUT2D eigenvalue weighted by molar-refractivity contribution is 5.96. The summed E-state index contributed by atoms with van der Waals surface area (Å²) in [5.74, 6) is -0.863. The van der Waals surface area contributed by atoms with Gasteiger partial charge < -0.3 is 14.6 Å². The van der Waals surface area contributed by atoms with Gasteiger partial charge >= 0.3 is 5.97 Å². The number of rotatable bonds is 6. The normalized spacial score (nSPS) is 13.3. The van der Waals surface area contributed by atoms with Crippen molar-refractivity contribution in [2.45, 2.75) is 53.5 Å². The molecule has 0 saturated heterocycles. The molecule has 1 amide bonds. The molecule has 1 aliphatic rings. The Labute approximate surface area is 182 Å². The van der Waals surface area contributed by atoms with Crippen molar-refractivity contribution in [3.05, 3.63) is 64.2 Å². The number of nitrogens with one attached hydrogen (secondary N) is 1. The number of benzene rings is 1. The standard InChI is InChI=1S/C24H28N4O3/c1-14-6-8-20(9-7-14)28-18(5)23(16(3)26-28)25-22(29)13-31-24(30)21-12-15(2)27(17(21)4)19-10-11-19/h6-9,12,19H,10-11,13H2,1-5H3,(H,25,29). The zero-order valence-corrected chi connectivity index (χ0v) is 18.7. The fourth-order valence-electron chi connectivity index (χ4n) is 4.02. The molecule has 0 spiro atoms. The molecule has 1 N–H and O–H groups in total. The topological polar surface area (TPSA) is 78.2 Å². The molecule has 3 aromatic rings. The van der Waals surface area contributed by atoms with Gasteiger partial charge in [-0.3, -0.25) is 4.79 Å². The molecule has 0 bridgehead atoms. The van der Waals surface area contributed by atoms with E-state index in [1.807, 2.05) is 65.0 Å². The van der Waals surface area contributed by atoms with Crippen molar-refractivity contribution >= 4 is 17.6 Å². The predicted octanol–water partition coefficient (Wildman–Crippen LogP) is 4.35. The first kappa shape index (κ1) is 20.9. The minimum atomic E-state index is -0.473. The van der Waals surface area contributed by atoms with Gasteiger partial charge in [-0.05, 0) is 65.7 Å². The van der Waals surface area contributed by atoms with Crippen LogP contribution in [0.25, 0.3) is 5.69 Å². The number of ether oxygens (including phenoxy) is 1. The number of nitrogens with zero attached hydrogens (tertiary/aromatic N) is 3. The third-order valence-corrected chi connectivity index (χ3v) is 5.78. The van der Waals surface area contributed by atoms with Crippen LogP contribution in [0.4, 0.5) is 5.69 Å². The van der Waals surface area contributed by atoms with Crippen LogP contribution < -0.4 is 5.32 Å². The number of esters is 1. The second-order valence-corrected chi connectivity index (χ2v) is 8.30. The lowest BCUT2D eigenvalue weighted by Crippen LogP contribution is -2.21. The van der Waals surface area contributed by atoms with Crippen LogP contribution in [0.1, 0.15) is 57.6 Å². The Kier molecular flexibility index (Phi) is 5.43. The van der Waals surface area contributed by atoms with E-state index in [1.165, 1.54) is 5.56 Å². The number of hydrogen-bond donors (Lipinski definition) is 1. The van der Waals surface area contributed by atoms with Gasteiger partial charge in [-0.15, -0.1) is 0 Å². The van der Waals surface area contributed by atoms with Crippen LogP contribution in [0.15, 0.2) is 30.3 Å². The lowest BCUT2D eigenvalue weighted by molar-refractivity contribution is -0.119. The van der Waals surface area contributed by atoms with Gasteiger partial charge in [0.15, 0.2) is 6.61 Å². The summed E-state index contributed by atoms with van der Waals surface area (Å²) >= 11 is 0. The second-order valence-electron chi connectivity index (χ2n) is 8.30. The van der Waals surface area contributed by atoms with Gasteiger partial charge in [0.05, 0.1) is 28.3 Å². The maximum atomic E-state index is 12.5. The SMILES string of the molecule is Cc1ccc(-n2nc(C)c(NC(=O)COC(=O)c3cc(C)n(C4CC4)c3C)c2C)cc1. The summed E-state index contributed by atoms with van der Waals surface area (Å²) in [5, 5.41) is 7.39. The Morgan fingerprint density at radius 2 is 1.74 bits per heavy atom. The number of hydrogen-bond acceptors (Lipinski definition) is 4. The maximum Gasteiger partial charge on any atom is 0.340 e. The van der Waals surface area contributed by atoms with E-state index in [0.717, 1.165) is 35.6 Å². The summed E-state index contributed by atoms with van der Waals surface area (Å²) in [7, 11) is 0. The highest BCUT2D eigenvalue weighted by atomic mass is 16.5. The molecule has 7 nitrogen and oxygen atoms in total. The molecule has 4 rings (SSSR count). The molecule has 162 valence electrons. The number of carbonyl (C=O) groups is 2. The van der Waals surface area contributed by atoms with Crippen molar-refractivity contribution in [2.75, 3.05) is 11.9 Å². The summed E-state index contributed by atoms with van der Waals surface area (Å²) in [5.41, 5.74) is 6.70. The van der Waals surface area contributed by atoms with E-state index in [9.17, 15) is 9.59 Å². The Morgan fingerprint density at radius 1 is 1.06 bits per heavy atom. The van der Waals surface area contributed by atoms with Crippen molar-refractivity contribution in [3.8, 4) is 5.69 Å². The zero-order valence-electron chi connectivity index (χ0n) is 18.7. The molecular formula is C24H28N4O3. The number of aryl methyl sites for hydroxylation is 3. The van der Waals surface area contributed by atoms with Crippen LogP contribution in [-0.2, 0) is 9.53 Å². The highest BCUT2D eigenvalue weighted by Gasteiger charge is 2.29. The van der Waals surface area contributed by atoms with Crippen molar-refractivity contribution in [1.29, 1.82) is 0 Å². The summed E-state index contributed by atoms with van der Waals surface area (Å²) in [4.78, 5) is 25.0. The van der Waals surface area contributed by atoms with Gasteiger partial charge in [0, 0.05) is 17.4 Å². The number of carbonyl (C=O) groups excluding carboxylic acids is 2. The van der Waals surface area contributed by atoms with E-state index in [1.54, 1.807) is 4.68 Å². The quantitative estimate of drug-likeness (QED) is 0.602. The van der Waals surface area contributed by atoms with E-state index in [2.05, 4.69) is 15.0 Å². The molecule has 0 atom stereocenters. The molecule has 1 aliphatic carbocycles. The Morgan fingerprint density at radius 3 is 2.39 bits per heavy atom. The molecule has 7 heteroatoms. The summed E-state index contributed by atoms with van der Waals surface area (Å²) < 4.78 is 9.28.